The zero-order chi connectivity index (χ0) is 19.8. The number of benzene rings is 1. The van der Waals surface area contributed by atoms with Crippen LogP contribution in [0.2, 0.25) is 0 Å². The Balaban J connectivity index is 1.61. The van der Waals surface area contributed by atoms with E-state index in [0.717, 1.165) is 24.0 Å². The van der Waals surface area contributed by atoms with Crippen LogP contribution < -0.4 is 0 Å². The van der Waals surface area contributed by atoms with Crippen molar-refractivity contribution in [2.45, 2.75) is 69.6 Å². The molecule has 0 unspecified atom stereocenters. The first-order valence-corrected chi connectivity index (χ1v) is 10.3. The molecule has 3 N–H and O–H groups in total. The number of imide groups is 1. The zero-order valence-electron chi connectivity index (χ0n) is 16.0. The monoisotopic (exact) mass is 385 g/mol. The van der Waals surface area contributed by atoms with Gasteiger partial charge in [0.05, 0.1) is 18.2 Å². The predicted octanol–water partition coefficient (Wildman–Crippen LogP) is 2.23. The summed E-state index contributed by atoms with van der Waals surface area (Å²) >= 11 is 0. The maximum absolute atomic E-state index is 12.5. The van der Waals surface area contributed by atoms with Crippen molar-refractivity contribution in [2.24, 2.45) is 17.3 Å². The van der Waals surface area contributed by atoms with Crippen molar-refractivity contribution in [1.29, 1.82) is 0 Å². The number of carbonyl (C=O) groups is 2. The number of carbonyl (C=O) groups excluding carboxylic acids is 2. The number of likely N-dealkylation sites (tertiary alicyclic amines) is 1. The van der Waals surface area contributed by atoms with Gasteiger partial charge in [0, 0.05) is 12.8 Å². The van der Waals surface area contributed by atoms with E-state index in [1.165, 1.54) is 4.90 Å². The van der Waals surface area contributed by atoms with Crippen LogP contribution in [0.3, 0.4) is 0 Å². The number of hydrogen-bond donors (Lipinski definition) is 3. The van der Waals surface area contributed by atoms with E-state index in [0.29, 0.717) is 12.8 Å². The van der Waals surface area contributed by atoms with Gasteiger partial charge >= 0.3 is 0 Å². The summed E-state index contributed by atoms with van der Waals surface area (Å²) < 4.78 is 0. The summed E-state index contributed by atoms with van der Waals surface area (Å²) in [4.78, 5) is 26.4. The minimum atomic E-state index is -0.729. The average molecular weight is 385 g/mol. The molecule has 7 atom stereocenters. The standard InChI is InChI=1S/C22H27NO5/c1-22-7-6-13-12-3-2-11(24)8-15(12)17(23-19(26)4-5-20(23)27)9-14(13)16(22)10-18(25)21(22)28/h2-3,8,13-14,16-18,21,24-25,28H,4-7,9-10H2,1H3/t13-,14-,16+,17+,18-,21+,22+/m1/s1. The molecule has 1 heterocycles. The van der Waals surface area contributed by atoms with Crippen LogP contribution in [0.4, 0.5) is 0 Å². The molecular weight excluding hydrogens is 358 g/mol. The summed E-state index contributed by atoms with van der Waals surface area (Å²) in [5, 5.41) is 31.1. The molecule has 28 heavy (non-hydrogen) atoms. The number of rotatable bonds is 1. The molecule has 6 nitrogen and oxygen atoms in total. The van der Waals surface area contributed by atoms with Crippen LogP contribution in [0.25, 0.3) is 0 Å². The second-order valence-corrected chi connectivity index (χ2v) is 9.39. The van der Waals surface area contributed by atoms with Crippen LogP contribution in [0, 0.1) is 17.3 Å². The Morgan fingerprint density at radius 2 is 1.79 bits per heavy atom. The number of phenolic OH excluding ortho intramolecular Hbond substituents is 1. The van der Waals surface area contributed by atoms with Crippen LogP contribution in [-0.2, 0) is 9.59 Å². The number of aliphatic hydroxyl groups excluding tert-OH is 2. The van der Waals surface area contributed by atoms with Gasteiger partial charge in [0.25, 0.3) is 0 Å². The Morgan fingerprint density at radius 3 is 2.50 bits per heavy atom. The van der Waals surface area contributed by atoms with E-state index in [2.05, 4.69) is 6.92 Å². The highest BCUT2D eigenvalue weighted by atomic mass is 16.3. The molecule has 5 rings (SSSR count). The van der Waals surface area contributed by atoms with Crippen molar-refractivity contribution in [1.82, 2.24) is 4.90 Å². The van der Waals surface area contributed by atoms with Gasteiger partial charge in [0.15, 0.2) is 0 Å². The lowest BCUT2D eigenvalue weighted by atomic mass is 9.54. The lowest BCUT2D eigenvalue weighted by Gasteiger charge is -2.52. The van der Waals surface area contributed by atoms with Crippen LogP contribution in [0.1, 0.15) is 68.5 Å². The van der Waals surface area contributed by atoms with Gasteiger partial charge in [-0.05, 0) is 72.1 Å². The third-order valence-corrected chi connectivity index (χ3v) is 8.14. The van der Waals surface area contributed by atoms with Crippen molar-refractivity contribution < 1.29 is 24.9 Å². The lowest BCUT2D eigenvalue weighted by Crippen LogP contribution is -2.47. The fraction of sp³-hybridized carbons (Fsp3) is 0.636. The highest BCUT2D eigenvalue weighted by Gasteiger charge is 2.59. The third kappa shape index (κ3) is 2.34. The minimum absolute atomic E-state index is 0.146. The molecule has 4 aliphatic rings. The molecule has 1 aliphatic heterocycles. The molecule has 0 aromatic heterocycles. The second-order valence-electron chi connectivity index (χ2n) is 9.39. The van der Waals surface area contributed by atoms with E-state index in [9.17, 15) is 24.9 Å². The minimum Gasteiger partial charge on any atom is -0.508 e. The van der Waals surface area contributed by atoms with Crippen LogP contribution in [0.5, 0.6) is 5.75 Å². The summed E-state index contributed by atoms with van der Waals surface area (Å²) in [5.74, 6) is 0.451. The summed E-state index contributed by atoms with van der Waals surface area (Å²) in [7, 11) is 0. The van der Waals surface area contributed by atoms with Crippen molar-refractivity contribution in [3.8, 4) is 5.75 Å². The van der Waals surface area contributed by atoms with Crippen molar-refractivity contribution in [3.05, 3.63) is 29.3 Å². The first kappa shape index (κ1) is 18.1. The van der Waals surface area contributed by atoms with Gasteiger partial charge in [0.1, 0.15) is 5.75 Å². The largest absolute Gasteiger partial charge is 0.508 e. The summed E-state index contributed by atoms with van der Waals surface area (Å²) in [5.41, 5.74) is 1.65. The molecule has 0 bridgehead atoms. The second kappa shape index (κ2) is 6.04. The molecule has 2 amide bonds. The maximum atomic E-state index is 12.5. The summed E-state index contributed by atoms with van der Waals surface area (Å²) in [6.07, 6.45) is 1.97. The molecule has 1 saturated heterocycles. The number of fused-ring (bicyclic) bond motifs is 5. The Hall–Kier alpha value is -1.92. The summed E-state index contributed by atoms with van der Waals surface area (Å²) in [6.45, 7) is 2.07. The molecule has 3 fully saturated rings. The van der Waals surface area contributed by atoms with Crippen molar-refractivity contribution in [3.63, 3.8) is 0 Å². The SMILES string of the molecule is C[C@]12CC[C@@H]3c4ccc(O)cc4[C@@H](N4C(=O)CCC4=O)C[C@H]3[C@@H]1C[C@@H](O)[C@@H]2O. The van der Waals surface area contributed by atoms with Gasteiger partial charge in [-0.3, -0.25) is 14.5 Å². The summed E-state index contributed by atoms with van der Waals surface area (Å²) in [6, 6.07) is 4.95. The maximum Gasteiger partial charge on any atom is 0.230 e. The molecule has 3 aliphatic carbocycles. The third-order valence-electron chi connectivity index (χ3n) is 8.14. The zero-order valence-corrected chi connectivity index (χ0v) is 16.0. The fourth-order valence-electron chi connectivity index (χ4n) is 6.75. The van der Waals surface area contributed by atoms with Crippen molar-refractivity contribution in [2.75, 3.05) is 0 Å². The van der Waals surface area contributed by atoms with Crippen molar-refractivity contribution >= 4 is 11.8 Å². The van der Waals surface area contributed by atoms with Gasteiger partial charge in [-0.25, -0.2) is 0 Å². The number of nitrogens with zero attached hydrogens (tertiary/aromatic N) is 1. The van der Waals surface area contributed by atoms with Gasteiger partial charge in [0.2, 0.25) is 11.8 Å². The van der Waals surface area contributed by atoms with Gasteiger partial charge in [-0.2, -0.15) is 0 Å². The smallest absolute Gasteiger partial charge is 0.230 e. The molecule has 0 spiro atoms. The molecule has 2 saturated carbocycles. The number of phenols is 1. The predicted molar refractivity (Wildman–Crippen MR) is 100 cm³/mol. The molecular formula is C22H27NO5. The quantitative estimate of drug-likeness (QED) is 0.644. The topological polar surface area (TPSA) is 98.1 Å². The first-order chi connectivity index (χ1) is 13.3. The van der Waals surface area contributed by atoms with Crippen LogP contribution in [-0.4, -0.2) is 44.2 Å². The highest BCUT2D eigenvalue weighted by Crippen LogP contribution is 2.63. The van der Waals surface area contributed by atoms with Gasteiger partial charge in [-0.15, -0.1) is 0 Å². The van der Waals surface area contributed by atoms with E-state index in [1.54, 1.807) is 12.1 Å². The fourth-order valence-corrected chi connectivity index (χ4v) is 6.75. The van der Waals surface area contributed by atoms with E-state index < -0.39 is 12.2 Å². The average Bonchev–Trinajstić information content (AvgIpc) is 3.11. The van der Waals surface area contributed by atoms with Gasteiger partial charge < -0.3 is 15.3 Å². The Morgan fingerprint density at radius 1 is 1.07 bits per heavy atom. The van der Waals surface area contributed by atoms with Crippen LogP contribution in [0.15, 0.2) is 18.2 Å². The van der Waals surface area contributed by atoms with Gasteiger partial charge in [-0.1, -0.05) is 13.0 Å². The van der Waals surface area contributed by atoms with E-state index >= 15 is 0 Å². The van der Waals surface area contributed by atoms with E-state index in [-0.39, 0.29) is 59.6 Å². The molecule has 1 aromatic rings. The van der Waals surface area contributed by atoms with E-state index in [1.807, 2.05) is 6.07 Å². The Kier molecular flexibility index (Phi) is 3.91. The van der Waals surface area contributed by atoms with E-state index in [4.69, 9.17) is 0 Å². The first-order valence-electron chi connectivity index (χ1n) is 10.3. The number of amides is 2. The number of aromatic hydroxyl groups is 1. The number of hydrogen-bond acceptors (Lipinski definition) is 5. The highest BCUT2D eigenvalue weighted by molar-refractivity contribution is 6.02. The molecule has 1 aromatic carbocycles. The molecule has 150 valence electrons. The molecule has 0 radical (unpaired) electrons. The lowest BCUT2D eigenvalue weighted by molar-refractivity contribution is -0.142. The molecule has 6 heteroatoms. The van der Waals surface area contributed by atoms with Crippen LogP contribution >= 0.6 is 0 Å². The Bertz CT molecular complexity index is 837. The Labute approximate surface area is 164 Å². The number of aliphatic hydroxyl groups is 2. The normalized spacial score (nSPS) is 42.3.